The van der Waals surface area contributed by atoms with Gasteiger partial charge in [-0.15, -0.1) is 0 Å². The molecular weight excluding hydrogens is 174 g/mol. The maximum Gasteiger partial charge on any atom is 0.408 e. The van der Waals surface area contributed by atoms with E-state index in [1.807, 2.05) is 6.92 Å². The van der Waals surface area contributed by atoms with Crippen LogP contribution in [0, 0.1) is 5.92 Å². The second-order valence-electron chi connectivity index (χ2n) is 3.46. The highest BCUT2D eigenvalue weighted by atomic mass is 16.4. The Morgan fingerprint density at radius 2 is 2.00 bits per heavy atom. The number of carboxylic acid groups (broad SMARTS) is 2. The summed E-state index contributed by atoms with van der Waals surface area (Å²) in [6, 6.07) is -0.860. The van der Waals surface area contributed by atoms with Crippen LogP contribution in [0.1, 0.15) is 19.8 Å². The van der Waals surface area contributed by atoms with Crippen LogP contribution >= 0.6 is 0 Å². The van der Waals surface area contributed by atoms with Gasteiger partial charge in [-0.25, -0.2) is 9.59 Å². The molecule has 1 saturated heterocycles. The van der Waals surface area contributed by atoms with Crippen molar-refractivity contribution in [3.8, 4) is 0 Å². The Hall–Kier alpha value is -1.26. The molecule has 5 heteroatoms. The second-order valence-corrected chi connectivity index (χ2v) is 3.46. The zero-order valence-electron chi connectivity index (χ0n) is 7.43. The lowest BCUT2D eigenvalue weighted by Crippen LogP contribution is -2.49. The Kier molecular flexibility index (Phi) is 2.75. The molecule has 1 aliphatic heterocycles. The molecule has 0 spiro atoms. The van der Waals surface area contributed by atoms with Crippen LogP contribution in [0.25, 0.3) is 0 Å². The molecule has 74 valence electrons. The van der Waals surface area contributed by atoms with E-state index in [2.05, 4.69) is 0 Å². The largest absolute Gasteiger partial charge is 0.480 e. The van der Waals surface area contributed by atoms with Crippen molar-refractivity contribution in [1.29, 1.82) is 0 Å². The molecule has 1 heterocycles. The van der Waals surface area contributed by atoms with Gasteiger partial charge in [-0.2, -0.15) is 0 Å². The number of carbonyl (C=O) groups is 2. The van der Waals surface area contributed by atoms with Crippen molar-refractivity contribution in [3.63, 3.8) is 0 Å². The summed E-state index contributed by atoms with van der Waals surface area (Å²) < 4.78 is 0. The number of rotatable bonds is 1. The number of nitrogens with zero attached hydrogens (tertiary/aromatic N) is 1. The van der Waals surface area contributed by atoms with Gasteiger partial charge in [0.25, 0.3) is 0 Å². The van der Waals surface area contributed by atoms with Gasteiger partial charge < -0.3 is 10.2 Å². The third-order valence-electron chi connectivity index (χ3n) is 2.40. The summed E-state index contributed by atoms with van der Waals surface area (Å²) in [5.41, 5.74) is 0. The first kappa shape index (κ1) is 9.83. The molecule has 1 unspecified atom stereocenters. The molecule has 0 radical (unpaired) electrons. The molecule has 2 N–H and O–H groups in total. The molecule has 0 bridgehead atoms. The maximum atomic E-state index is 10.7. The predicted molar refractivity (Wildman–Crippen MR) is 44.6 cm³/mol. The van der Waals surface area contributed by atoms with Crippen LogP contribution in [0.2, 0.25) is 0 Å². The fraction of sp³-hybridized carbons (Fsp3) is 0.750. The molecule has 2 atom stereocenters. The van der Waals surface area contributed by atoms with Crippen LogP contribution in [-0.2, 0) is 4.79 Å². The van der Waals surface area contributed by atoms with E-state index >= 15 is 0 Å². The van der Waals surface area contributed by atoms with Crippen LogP contribution < -0.4 is 0 Å². The van der Waals surface area contributed by atoms with Gasteiger partial charge in [0.15, 0.2) is 0 Å². The van der Waals surface area contributed by atoms with E-state index in [-0.39, 0.29) is 5.92 Å². The van der Waals surface area contributed by atoms with E-state index in [0.29, 0.717) is 13.0 Å². The lowest BCUT2D eigenvalue weighted by atomic mass is 9.93. The highest BCUT2D eigenvalue weighted by molar-refractivity contribution is 5.79. The summed E-state index contributed by atoms with van der Waals surface area (Å²) >= 11 is 0. The van der Waals surface area contributed by atoms with Gasteiger partial charge in [0.1, 0.15) is 6.04 Å². The number of amides is 1. The molecule has 0 aromatic heterocycles. The fourth-order valence-electron chi connectivity index (χ4n) is 1.60. The molecule has 0 saturated carbocycles. The van der Waals surface area contributed by atoms with Crippen LogP contribution in [0.15, 0.2) is 0 Å². The third-order valence-corrected chi connectivity index (χ3v) is 2.40. The molecular formula is C8H13NO4. The van der Waals surface area contributed by atoms with E-state index in [1.54, 1.807) is 0 Å². The molecule has 0 aromatic rings. The second kappa shape index (κ2) is 3.64. The zero-order chi connectivity index (χ0) is 10.0. The van der Waals surface area contributed by atoms with Crippen molar-refractivity contribution < 1.29 is 19.8 Å². The summed E-state index contributed by atoms with van der Waals surface area (Å²) in [7, 11) is 0. The lowest BCUT2D eigenvalue weighted by Gasteiger charge is -2.33. The summed E-state index contributed by atoms with van der Waals surface area (Å²) in [5, 5.41) is 17.5. The SMILES string of the molecule is CC1CCN(C(=O)O)[C@@H](C(=O)O)C1. The Balaban J connectivity index is 2.72. The summed E-state index contributed by atoms with van der Waals surface area (Å²) in [6.07, 6.45) is 0.0249. The lowest BCUT2D eigenvalue weighted by molar-refractivity contribution is -0.144. The van der Waals surface area contributed by atoms with Crippen molar-refractivity contribution >= 4 is 12.1 Å². The van der Waals surface area contributed by atoms with E-state index in [0.717, 1.165) is 11.3 Å². The first-order chi connectivity index (χ1) is 6.02. The fourth-order valence-corrected chi connectivity index (χ4v) is 1.60. The van der Waals surface area contributed by atoms with Gasteiger partial charge in [-0.05, 0) is 18.8 Å². The molecule has 0 aromatic carbocycles. The summed E-state index contributed by atoms with van der Waals surface area (Å²) in [4.78, 5) is 22.4. The number of hydrogen-bond acceptors (Lipinski definition) is 2. The quantitative estimate of drug-likeness (QED) is 0.637. The van der Waals surface area contributed by atoms with E-state index in [1.165, 1.54) is 0 Å². The number of hydrogen-bond donors (Lipinski definition) is 2. The van der Waals surface area contributed by atoms with Crippen molar-refractivity contribution in [1.82, 2.24) is 4.90 Å². The van der Waals surface area contributed by atoms with Crippen molar-refractivity contribution in [2.75, 3.05) is 6.54 Å². The molecule has 1 rings (SSSR count). The maximum absolute atomic E-state index is 10.7. The molecule has 13 heavy (non-hydrogen) atoms. The minimum Gasteiger partial charge on any atom is -0.480 e. The first-order valence-electron chi connectivity index (χ1n) is 4.24. The minimum atomic E-state index is -1.14. The Labute approximate surface area is 76.0 Å². The average Bonchev–Trinajstić information content (AvgIpc) is 2.03. The minimum absolute atomic E-state index is 0.289. The topological polar surface area (TPSA) is 77.8 Å². The Bertz CT molecular complexity index is 228. The van der Waals surface area contributed by atoms with Gasteiger partial charge in [0, 0.05) is 6.54 Å². The zero-order valence-corrected chi connectivity index (χ0v) is 7.43. The number of aliphatic carboxylic acids is 1. The van der Waals surface area contributed by atoms with Gasteiger partial charge in [-0.3, -0.25) is 4.90 Å². The Morgan fingerprint density at radius 3 is 2.46 bits per heavy atom. The first-order valence-corrected chi connectivity index (χ1v) is 4.24. The number of carboxylic acids is 1. The van der Waals surface area contributed by atoms with Gasteiger partial charge >= 0.3 is 12.1 Å². The van der Waals surface area contributed by atoms with Gasteiger partial charge in [0.05, 0.1) is 0 Å². The monoisotopic (exact) mass is 187 g/mol. The molecule has 1 amide bonds. The molecule has 0 aliphatic carbocycles. The third kappa shape index (κ3) is 2.11. The van der Waals surface area contributed by atoms with Gasteiger partial charge in [0.2, 0.25) is 0 Å². The van der Waals surface area contributed by atoms with Crippen LogP contribution in [-0.4, -0.2) is 39.8 Å². The number of piperidine rings is 1. The van der Waals surface area contributed by atoms with Gasteiger partial charge in [-0.1, -0.05) is 6.92 Å². The molecule has 1 aliphatic rings. The summed E-state index contributed by atoms with van der Waals surface area (Å²) in [5.74, 6) is -0.759. The van der Waals surface area contributed by atoms with E-state index in [9.17, 15) is 9.59 Å². The average molecular weight is 187 g/mol. The van der Waals surface area contributed by atoms with Crippen molar-refractivity contribution in [2.24, 2.45) is 5.92 Å². The normalized spacial score (nSPS) is 28.5. The Morgan fingerprint density at radius 1 is 1.38 bits per heavy atom. The van der Waals surface area contributed by atoms with E-state index in [4.69, 9.17) is 10.2 Å². The predicted octanol–water partition coefficient (Wildman–Crippen LogP) is 0.850. The standard InChI is InChI=1S/C8H13NO4/c1-5-2-3-9(8(12)13)6(4-5)7(10)11/h5-6H,2-4H2,1H3,(H,10,11)(H,12,13)/t5?,6-/m1/s1. The smallest absolute Gasteiger partial charge is 0.408 e. The summed E-state index contributed by atoms with van der Waals surface area (Å²) in [6.45, 7) is 2.27. The van der Waals surface area contributed by atoms with Crippen molar-refractivity contribution in [2.45, 2.75) is 25.8 Å². The molecule has 5 nitrogen and oxygen atoms in total. The van der Waals surface area contributed by atoms with Crippen LogP contribution in [0.5, 0.6) is 0 Å². The van der Waals surface area contributed by atoms with E-state index < -0.39 is 18.1 Å². The number of likely N-dealkylation sites (tertiary alicyclic amines) is 1. The highest BCUT2D eigenvalue weighted by Gasteiger charge is 2.34. The van der Waals surface area contributed by atoms with Crippen molar-refractivity contribution in [3.05, 3.63) is 0 Å². The van der Waals surface area contributed by atoms with Crippen LogP contribution in [0.3, 0.4) is 0 Å². The highest BCUT2D eigenvalue weighted by Crippen LogP contribution is 2.22. The molecule has 1 fully saturated rings. The van der Waals surface area contributed by atoms with Crippen LogP contribution in [0.4, 0.5) is 4.79 Å².